The Bertz CT molecular complexity index is 1300. The number of nitrogens with zero attached hydrogens (tertiary/aromatic N) is 5. The summed E-state index contributed by atoms with van der Waals surface area (Å²) < 4.78 is 6.35. The summed E-state index contributed by atoms with van der Waals surface area (Å²) in [6, 6.07) is 9.45. The number of hydrogen-bond donors (Lipinski definition) is 2. The van der Waals surface area contributed by atoms with Gasteiger partial charge < -0.3 is 20.3 Å². The lowest BCUT2D eigenvalue weighted by atomic mass is 9.49. The van der Waals surface area contributed by atoms with Crippen molar-refractivity contribution in [3.05, 3.63) is 52.5 Å². The Balaban J connectivity index is 1.05. The second-order valence-electron chi connectivity index (χ2n) is 13.4. The van der Waals surface area contributed by atoms with Gasteiger partial charge in [-0.25, -0.2) is 4.85 Å². The highest BCUT2D eigenvalue weighted by atomic mass is 35.5. The van der Waals surface area contributed by atoms with Crippen molar-refractivity contribution in [3.63, 3.8) is 0 Å². The summed E-state index contributed by atoms with van der Waals surface area (Å²) in [6.07, 6.45) is 2.35. The molecule has 0 spiro atoms. The monoisotopic (exact) mass is 577 g/mol. The molecule has 1 saturated carbocycles. The quantitative estimate of drug-likeness (QED) is 0.492. The van der Waals surface area contributed by atoms with Gasteiger partial charge in [-0.2, -0.15) is 0 Å². The summed E-state index contributed by atoms with van der Waals surface area (Å²) in [5.74, 6) is 2.59. The van der Waals surface area contributed by atoms with Crippen molar-refractivity contribution in [3.8, 4) is 5.75 Å². The molecule has 0 bridgehead atoms. The Morgan fingerprint density at radius 2 is 1.73 bits per heavy atom. The molecule has 3 saturated heterocycles. The fourth-order valence-corrected chi connectivity index (χ4v) is 8.31. The lowest BCUT2D eigenvalue weighted by molar-refractivity contribution is -0.164. The van der Waals surface area contributed by atoms with Gasteiger partial charge in [0, 0.05) is 49.1 Å². The number of benzene rings is 1. The number of nitrogens with one attached hydrogen (secondary N) is 2. The Labute approximate surface area is 247 Å². The molecule has 218 valence electrons. The normalized spacial score (nSPS) is 28.9. The van der Waals surface area contributed by atoms with Crippen LogP contribution >= 0.6 is 11.6 Å². The maximum absolute atomic E-state index is 13.3. The average Bonchev–Trinajstić information content (AvgIpc) is 3.55. The number of piperidine rings is 1. The van der Waals surface area contributed by atoms with Gasteiger partial charge in [0.05, 0.1) is 11.6 Å². The van der Waals surface area contributed by atoms with Gasteiger partial charge in [-0.15, -0.1) is 10.2 Å². The second kappa shape index (κ2) is 10.7. The van der Waals surface area contributed by atoms with Crippen LogP contribution in [-0.4, -0.2) is 78.5 Å². The molecule has 1 aliphatic carbocycles. The summed E-state index contributed by atoms with van der Waals surface area (Å²) in [6.45, 7) is 22.2. The Morgan fingerprint density at radius 3 is 2.32 bits per heavy atom. The predicted molar refractivity (Wildman–Crippen MR) is 160 cm³/mol. The summed E-state index contributed by atoms with van der Waals surface area (Å²) in [5, 5.41) is 15.9. The number of rotatable bonds is 6. The molecule has 1 amide bonds. The minimum Gasteiger partial charge on any atom is -0.489 e. The first-order chi connectivity index (χ1) is 19.6. The number of amides is 1. The van der Waals surface area contributed by atoms with E-state index in [9.17, 15) is 4.79 Å². The van der Waals surface area contributed by atoms with E-state index in [1.54, 1.807) is 24.3 Å². The Kier molecular flexibility index (Phi) is 7.37. The minimum absolute atomic E-state index is 0.132. The van der Waals surface area contributed by atoms with Gasteiger partial charge in [0.25, 0.3) is 5.91 Å². The van der Waals surface area contributed by atoms with Gasteiger partial charge in [-0.05, 0) is 62.0 Å². The minimum atomic E-state index is -0.340. The maximum Gasteiger partial charge on any atom is 0.272 e. The number of hydrogen-bond acceptors (Lipinski definition) is 7. The van der Waals surface area contributed by atoms with E-state index in [-0.39, 0.29) is 28.9 Å². The van der Waals surface area contributed by atoms with Crippen molar-refractivity contribution in [1.82, 2.24) is 25.7 Å². The molecule has 2 N–H and O–H groups in total. The molecule has 2 atom stereocenters. The summed E-state index contributed by atoms with van der Waals surface area (Å²) in [5.41, 5.74) is 0.0395. The molecule has 1 aromatic carbocycles. The predicted octanol–water partition coefficient (Wildman–Crippen LogP) is 4.41. The second-order valence-corrected chi connectivity index (χ2v) is 13.8. The summed E-state index contributed by atoms with van der Waals surface area (Å²) >= 11 is 6.22. The standard InChI is InChI=1S/C31H40ClN7O2/c1-30(2)28(31(3,4)29(30)41-22-6-7-24(33-5)23(32)14-22)35-27(40)25-8-9-26(37-36-25)39-17-19-15-38(16-20(19)18-39)21-10-12-34-13-11-21/h6-9,14,19-21,28-29,34H,10-13,15-18H2,1-4H3,(H,35,40). The van der Waals surface area contributed by atoms with Gasteiger partial charge in [0.2, 0.25) is 5.69 Å². The molecule has 3 aliphatic heterocycles. The lowest BCUT2D eigenvalue weighted by Crippen LogP contribution is -2.74. The molecule has 4 heterocycles. The van der Waals surface area contributed by atoms with Crippen LogP contribution in [0.1, 0.15) is 51.0 Å². The number of halogens is 1. The van der Waals surface area contributed by atoms with E-state index in [1.165, 1.54) is 25.9 Å². The van der Waals surface area contributed by atoms with E-state index >= 15 is 0 Å². The van der Waals surface area contributed by atoms with Crippen molar-refractivity contribution >= 4 is 29.0 Å². The summed E-state index contributed by atoms with van der Waals surface area (Å²) in [4.78, 5) is 21.7. The van der Waals surface area contributed by atoms with Gasteiger partial charge in [-0.1, -0.05) is 45.4 Å². The zero-order valence-electron chi connectivity index (χ0n) is 24.4. The molecule has 41 heavy (non-hydrogen) atoms. The van der Waals surface area contributed by atoms with Crippen molar-refractivity contribution in [2.45, 2.75) is 58.7 Å². The van der Waals surface area contributed by atoms with Crippen molar-refractivity contribution < 1.29 is 9.53 Å². The SMILES string of the molecule is [C-]#[N+]c1ccc(OC2C(C)(C)C(NC(=O)c3ccc(N4CC5CN(C6CCNCC6)CC5C4)nn3)C2(C)C)cc1Cl. The van der Waals surface area contributed by atoms with Crippen LogP contribution in [0.15, 0.2) is 30.3 Å². The Morgan fingerprint density at radius 1 is 1.05 bits per heavy atom. The zero-order valence-corrected chi connectivity index (χ0v) is 25.1. The van der Waals surface area contributed by atoms with Crippen molar-refractivity contribution in [2.24, 2.45) is 22.7 Å². The summed E-state index contributed by atoms with van der Waals surface area (Å²) in [7, 11) is 0. The molecule has 2 unspecified atom stereocenters. The van der Waals surface area contributed by atoms with Crippen LogP contribution < -0.4 is 20.3 Å². The van der Waals surface area contributed by atoms with E-state index in [4.69, 9.17) is 22.9 Å². The van der Waals surface area contributed by atoms with Crippen LogP contribution in [0.2, 0.25) is 5.02 Å². The third kappa shape index (κ3) is 5.15. The van der Waals surface area contributed by atoms with E-state index in [1.807, 2.05) is 6.07 Å². The lowest BCUT2D eigenvalue weighted by Gasteiger charge is -2.63. The highest BCUT2D eigenvalue weighted by Crippen LogP contribution is 2.55. The largest absolute Gasteiger partial charge is 0.489 e. The van der Waals surface area contributed by atoms with Gasteiger partial charge in [-0.3, -0.25) is 9.69 Å². The molecule has 10 heteroatoms. The van der Waals surface area contributed by atoms with Gasteiger partial charge in [0.15, 0.2) is 11.5 Å². The topological polar surface area (TPSA) is 87.0 Å². The van der Waals surface area contributed by atoms with Gasteiger partial charge >= 0.3 is 0 Å². The number of aromatic nitrogens is 2. The fourth-order valence-electron chi connectivity index (χ4n) is 8.09. The number of carbonyl (C=O) groups is 1. The van der Waals surface area contributed by atoms with Crippen LogP contribution in [0.5, 0.6) is 5.75 Å². The van der Waals surface area contributed by atoms with Gasteiger partial charge in [0.1, 0.15) is 11.9 Å². The van der Waals surface area contributed by atoms with Crippen molar-refractivity contribution in [2.75, 3.05) is 44.2 Å². The third-order valence-corrected chi connectivity index (χ3v) is 10.3. The van der Waals surface area contributed by atoms with E-state index < -0.39 is 0 Å². The highest BCUT2D eigenvalue weighted by molar-refractivity contribution is 6.33. The molecule has 0 radical (unpaired) electrons. The molecule has 6 rings (SSSR count). The first-order valence-electron chi connectivity index (χ1n) is 14.8. The van der Waals surface area contributed by atoms with Crippen LogP contribution in [-0.2, 0) is 0 Å². The van der Waals surface area contributed by atoms with Crippen LogP contribution in [0, 0.1) is 29.2 Å². The molecule has 1 aromatic heterocycles. The number of carbonyl (C=O) groups excluding carboxylic acids is 1. The number of fused-ring (bicyclic) bond motifs is 1. The van der Waals surface area contributed by atoms with Crippen LogP contribution in [0.25, 0.3) is 4.85 Å². The fraction of sp³-hybridized carbons (Fsp3) is 0.613. The zero-order chi connectivity index (χ0) is 28.9. The van der Waals surface area contributed by atoms with Crippen LogP contribution in [0.3, 0.4) is 0 Å². The van der Waals surface area contributed by atoms with Crippen molar-refractivity contribution in [1.29, 1.82) is 0 Å². The smallest absolute Gasteiger partial charge is 0.272 e. The molecule has 2 aromatic rings. The van der Waals surface area contributed by atoms with Crippen LogP contribution in [0.4, 0.5) is 11.5 Å². The molecular formula is C31H40ClN7O2. The molecule has 4 aliphatic rings. The Hall–Kier alpha value is -2.93. The first-order valence-corrected chi connectivity index (χ1v) is 15.1. The third-order valence-electron chi connectivity index (χ3n) is 9.96. The molecule has 9 nitrogen and oxygen atoms in total. The van der Waals surface area contributed by atoms with E-state index in [0.717, 1.165) is 38.0 Å². The average molecular weight is 578 g/mol. The molecular weight excluding hydrogens is 538 g/mol. The van der Waals surface area contributed by atoms with E-state index in [0.29, 0.717) is 34.0 Å². The number of anilines is 1. The maximum atomic E-state index is 13.3. The van der Waals surface area contributed by atoms with E-state index in [2.05, 4.69) is 63.2 Å². The number of ether oxygens (including phenoxy) is 1. The molecule has 4 fully saturated rings. The highest BCUT2D eigenvalue weighted by Gasteiger charge is 2.64. The number of likely N-dealkylation sites (tertiary alicyclic amines) is 1. The first kappa shape index (κ1) is 28.2.